The van der Waals surface area contributed by atoms with Crippen molar-refractivity contribution in [2.45, 2.75) is 31.3 Å². The summed E-state index contributed by atoms with van der Waals surface area (Å²) in [5.74, 6) is -0.307. The molecule has 110 valence electrons. The lowest BCUT2D eigenvalue weighted by molar-refractivity contribution is -0.304. The van der Waals surface area contributed by atoms with Crippen molar-refractivity contribution in [3.05, 3.63) is 70.8 Å². The van der Waals surface area contributed by atoms with Crippen molar-refractivity contribution in [1.82, 2.24) is 0 Å². The quantitative estimate of drug-likeness (QED) is 0.823. The van der Waals surface area contributed by atoms with Crippen LogP contribution in [0.1, 0.15) is 22.3 Å². The second-order valence-corrected chi connectivity index (χ2v) is 6.42. The number of carbonyl (C=O) groups is 1. The van der Waals surface area contributed by atoms with Crippen LogP contribution in [0.3, 0.4) is 0 Å². The molecule has 21 heavy (non-hydrogen) atoms. The van der Waals surface area contributed by atoms with Gasteiger partial charge in [-0.05, 0) is 42.5 Å². The lowest BCUT2D eigenvalue weighted by Crippen LogP contribution is -2.35. The Labute approximate surface area is 130 Å². The van der Waals surface area contributed by atoms with Crippen molar-refractivity contribution < 1.29 is 9.90 Å². The molecule has 2 rings (SSSR count). The third-order valence-corrected chi connectivity index (χ3v) is 4.81. The van der Waals surface area contributed by atoms with Gasteiger partial charge in [0.1, 0.15) is 0 Å². The Hall–Kier alpha value is -1.74. The zero-order valence-corrected chi connectivity index (χ0v) is 13.2. The largest absolute Gasteiger partial charge is 0.549 e. The van der Waals surface area contributed by atoms with Gasteiger partial charge in [0.25, 0.3) is 0 Å². The summed E-state index contributed by atoms with van der Waals surface area (Å²) in [7, 11) is 0. The average Bonchev–Trinajstić information content (AvgIpc) is 2.48. The van der Waals surface area contributed by atoms with Gasteiger partial charge in [-0.25, -0.2) is 0 Å². The van der Waals surface area contributed by atoms with Gasteiger partial charge in [0.2, 0.25) is 0 Å². The number of aliphatic carboxylic acids is 1. The summed E-state index contributed by atoms with van der Waals surface area (Å²) in [6.45, 7) is 4.10. The van der Waals surface area contributed by atoms with E-state index in [4.69, 9.17) is 0 Å². The van der Waals surface area contributed by atoms with Crippen LogP contribution >= 0.6 is 11.8 Å². The van der Waals surface area contributed by atoms with Crippen LogP contribution < -0.4 is 5.11 Å². The molecule has 0 radical (unpaired) electrons. The number of benzene rings is 2. The summed E-state index contributed by atoms with van der Waals surface area (Å²) in [4.78, 5) is 11.3. The van der Waals surface area contributed by atoms with Crippen molar-refractivity contribution in [2.24, 2.45) is 0 Å². The molecule has 0 amide bonds. The van der Waals surface area contributed by atoms with Crippen LogP contribution in [0.2, 0.25) is 0 Å². The van der Waals surface area contributed by atoms with Gasteiger partial charge < -0.3 is 9.90 Å². The highest BCUT2D eigenvalue weighted by molar-refractivity contribution is 7.99. The standard InChI is InChI=1S/C18H20O2S/c1-13-8-9-16(10-14(13)2)11-17(18(19)20)21-12-15-6-4-3-5-7-15/h3-10,17H,11-12H2,1-2H3,(H,19,20)/p-1/t17-/m0/s1. The minimum Gasteiger partial charge on any atom is -0.549 e. The van der Waals surface area contributed by atoms with Gasteiger partial charge in [-0.1, -0.05) is 48.5 Å². The van der Waals surface area contributed by atoms with Gasteiger partial charge in [-0.2, -0.15) is 0 Å². The molecule has 0 saturated carbocycles. The Morgan fingerprint density at radius 1 is 1.05 bits per heavy atom. The monoisotopic (exact) mass is 299 g/mol. The molecule has 0 heterocycles. The molecule has 0 bridgehead atoms. The SMILES string of the molecule is Cc1ccc(C[C@H](SCc2ccccc2)C(=O)[O-])cc1C. The number of thioether (sulfide) groups is 1. The number of hydrogen-bond acceptors (Lipinski definition) is 3. The highest BCUT2D eigenvalue weighted by atomic mass is 32.2. The lowest BCUT2D eigenvalue weighted by atomic mass is 10.0. The van der Waals surface area contributed by atoms with Crippen molar-refractivity contribution in [2.75, 3.05) is 0 Å². The molecule has 3 heteroatoms. The number of aryl methyl sites for hydroxylation is 2. The van der Waals surface area contributed by atoms with Crippen LogP contribution in [0.4, 0.5) is 0 Å². The molecular formula is C18H19O2S-. The van der Waals surface area contributed by atoms with Crippen molar-refractivity contribution in [3.63, 3.8) is 0 Å². The number of carboxylic acid groups (broad SMARTS) is 1. The van der Waals surface area contributed by atoms with Gasteiger partial charge in [0, 0.05) is 11.0 Å². The molecule has 2 aromatic carbocycles. The number of carboxylic acids is 1. The van der Waals surface area contributed by atoms with Crippen LogP contribution in [-0.4, -0.2) is 11.2 Å². The maximum atomic E-state index is 11.3. The maximum Gasteiger partial charge on any atom is 0.0548 e. The molecule has 2 nitrogen and oxygen atoms in total. The van der Waals surface area contributed by atoms with E-state index < -0.39 is 11.2 Å². The molecular weight excluding hydrogens is 280 g/mol. The van der Waals surface area contributed by atoms with E-state index in [1.165, 1.54) is 22.9 Å². The zero-order chi connectivity index (χ0) is 15.2. The highest BCUT2D eigenvalue weighted by Gasteiger charge is 2.12. The molecule has 0 aliphatic rings. The molecule has 0 N–H and O–H groups in total. The average molecular weight is 299 g/mol. The Morgan fingerprint density at radius 3 is 2.38 bits per heavy atom. The normalized spacial score (nSPS) is 12.1. The van der Waals surface area contributed by atoms with E-state index in [0.717, 1.165) is 11.1 Å². The fourth-order valence-corrected chi connectivity index (χ4v) is 3.16. The Balaban J connectivity index is 2.02. The molecule has 0 fully saturated rings. The summed E-state index contributed by atoms with van der Waals surface area (Å²) >= 11 is 1.43. The van der Waals surface area contributed by atoms with Crippen LogP contribution in [0.25, 0.3) is 0 Å². The Morgan fingerprint density at radius 2 is 1.76 bits per heavy atom. The summed E-state index contributed by atoms with van der Waals surface area (Å²) in [6.07, 6.45) is 0.501. The number of rotatable bonds is 6. The third-order valence-electron chi connectivity index (χ3n) is 3.55. The second kappa shape index (κ2) is 7.32. The Kier molecular flexibility index (Phi) is 5.45. The highest BCUT2D eigenvalue weighted by Crippen LogP contribution is 2.22. The van der Waals surface area contributed by atoms with Crippen molar-refractivity contribution in [1.29, 1.82) is 0 Å². The zero-order valence-electron chi connectivity index (χ0n) is 12.3. The first-order chi connectivity index (χ1) is 10.1. The molecule has 2 aromatic rings. The molecule has 0 saturated heterocycles. The van der Waals surface area contributed by atoms with E-state index in [-0.39, 0.29) is 0 Å². The molecule has 0 aliphatic heterocycles. The summed E-state index contributed by atoms with van der Waals surface area (Å²) < 4.78 is 0. The van der Waals surface area contributed by atoms with E-state index in [1.54, 1.807) is 0 Å². The molecule has 0 aliphatic carbocycles. The predicted molar refractivity (Wildman–Crippen MR) is 86.2 cm³/mol. The van der Waals surface area contributed by atoms with Crippen molar-refractivity contribution >= 4 is 17.7 Å². The summed E-state index contributed by atoms with van der Waals surface area (Å²) in [5, 5.41) is 10.8. The van der Waals surface area contributed by atoms with Gasteiger partial charge >= 0.3 is 0 Å². The topological polar surface area (TPSA) is 40.1 Å². The third kappa shape index (κ3) is 4.64. The van der Waals surface area contributed by atoms with E-state index in [2.05, 4.69) is 13.0 Å². The first-order valence-electron chi connectivity index (χ1n) is 6.99. The lowest BCUT2D eigenvalue weighted by Gasteiger charge is -2.18. The van der Waals surface area contributed by atoms with Crippen LogP contribution in [0.15, 0.2) is 48.5 Å². The van der Waals surface area contributed by atoms with Gasteiger partial charge in [0.05, 0.1) is 5.97 Å². The predicted octanol–water partition coefficient (Wildman–Crippen LogP) is 2.90. The van der Waals surface area contributed by atoms with E-state index >= 15 is 0 Å². The first-order valence-corrected chi connectivity index (χ1v) is 8.03. The summed E-state index contributed by atoms with van der Waals surface area (Å²) in [6, 6.07) is 16.0. The second-order valence-electron chi connectivity index (χ2n) is 5.23. The molecule has 1 atom stereocenters. The van der Waals surface area contributed by atoms with Crippen LogP contribution in [-0.2, 0) is 17.0 Å². The van der Waals surface area contributed by atoms with Crippen LogP contribution in [0.5, 0.6) is 0 Å². The minimum atomic E-state index is -0.992. The number of hydrogen-bond donors (Lipinski definition) is 0. The van der Waals surface area contributed by atoms with Gasteiger partial charge in [-0.3, -0.25) is 0 Å². The molecule has 0 aromatic heterocycles. The molecule has 0 spiro atoms. The fourth-order valence-electron chi connectivity index (χ4n) is 2.13. The maximum absolute atomic E-state index is 11.3. The van der Waals surface area contributed by atoms with E-state index in [9.17, 15) is 9.90 Å². The Bertz CT molecular complexity index is 608. The van der Waals surface area contributed by atoms with Gasteiger partial charge in [0.15, 0.2) is 0 Å². The van der Waals surface area contributed by atoms with Gasteiger partial charge in [-0.15, -0.1) is 11.8 Å². The number of carbonyl (C=O) groups excluding carboxylic acids is 1. The van der Waals surface area contributed by atoms with E-state index in [1.807, 2.05) is 49.4 Å². The first kappa shape index (κ1) is 15.6. The smallest absolute Gasteiger partial charge is 0.0548 e. The van der Waals surface area contributed by atoms with Crippen molar-refractivity contribution in [3.8, 4) is 0 Å². The minimum absolute atomic E-state index is 0.501. The molecule has 0 unspecified atom stereocenters. The van der Waals surface area contributed by atoms with E-state index in [0.29, 0.717) is 12.2 Å². The fraction of sp³-hybridized carbons (Fsp3) is 0.278. The summed E-state index contributed by atoms with van der Waals surface area (Å²) in [5.41, 5.74) is 4.60. The van der Waals surface area contributed by atoms with Crippen LogP contribution in [0, 0.1) is 13.8 Å².